The van der Waals surface area contributed by atoms with Gasteiger partial charge in [0.25, 0.3) is 5.69 Å². The second-order valence-corrected chi connectivity index (χ2v) is 6.18. The summed E-state index contributed by atoms with van der Waals surface area (Å²) in [5.41, 5.74) is 0.324. The van der Waals surface area contributed by atoms with Crippen LogP contribution in [0.25, 0.3) is 0 Å². The van der Waals surface area contributed by atoms with E-state index in [4.69, 9.17) is 0 Å². The van der Waals surface area contributed by atoms with E-state index in [9.17, 15) is 18.5 Å². The molecule has 0 fully saturated rings. The maximum atomic E-state index is 12.2. The first kappa shape index (κ1) is 16.5. The van der Waals surface area contributed by atoms with Gasteiger partial charge in [0.05, 0.1) is 9.82 Å². The summed E-state index contributed by atoms with van der Waals surface area (Å²) in [6.07, 6.45) is 0.482. The second kappa shape index (κ2) is 6.78. The van der Waals surface area contributed by atoms with Crippen molar-refractivity contribution < 1.29 is 13.3 Å². The highest BCUT2D eigenvalue weighted by molar-refractivity contribution is 7.89. The van der Waals surface area contributed by atoms with Gasteiger partial charge in [-0.15, -0.1) is 0 Å². The van der Waals surface area contributed by atoms with Crippen LogP contribution in [0.15, 0.2) is 23.1 Å². The van der Waals surface area contributed by atoms with Crippen LogP contribution in [0.3, 0.4) is 0 Å². The summed E-state index contributed by atoms with van der Waals surface area (Å²) in [6.45, 7) is 3.85. The van der Waals surface area contributed by atoms with Crippen LogP contribution in [0.5, 0.6) is 0 Å². The number of non-ortho nitro benzene ring substituents is 1. The predicted octanol–water partition coefficient (Wildman–Crippen LogP) is 1.04. The molecular weight excluding hydrogens is 282 g/mol. The van der Waals surface area contributed by atoms with Crippen molar-refractivity contribution in [2.75, 3.05) is 13.6 Å². The molecule has 0 heterocycles. The van der Waals surface area contributed by atoms with Gasteiger partial charge in [-0.1, -0.05) is 13.0 Å². The lowest BCUT2D eigenvalue weighted by Crippen LogP contribution is -2.37. The van der Waals surface area contributed by atoms with E-state index in [1.54, 1.807) is 14.0 Å². The highest BCUT2D eigenvalue weighted by Crippen LogP contribution is 2.22. The number of nitro groups is 1. The van der Waals surface area contributed by atoms with Gasteiger partial charge in [-0.2, -0.15) is 0 Å². The molecular formula is C12H19N3O4S. The minimum absolute atomic E-state index is 0.0301. The zero-order chi connectivity index (χ0) is 15.3. The molecule has 0 aromatic heterocycles. The van der Waals surface area contributed by atoms with Crippen LogP contribution in [-0.2, 0) is 16.4 Å². The number of nitrogens with zero attached hydrogens (tertiary/aromatic N) is 1. The number of nitro benzene ring substituents is 1. The number of likely N-dealkylation sites (N-methyl/N-ethyl adjacent to an activating group) is 1. The van der Waals surface area contributed by atoms with Gasteiger partial charge in [0.2, 0.25) is 10.0 Å². The van der Waals surface area contributed by atoms with Gasteiger partial charge in [-0.25, -0.2) is 13.1 Å². The Morgan fingerprint density at radius 3 is 2.55 bits per heavy atom. The van der Waals surface area contributed by atoms with Crippen molar-refractivity contribution >= 4 is 15.7 Å². The third-order valence-electron chi connectivity index (χ3n) is 3.00. The van der Waals surface area contributed by atoms with Crippen molar-refractivity contribution in [1.29, 1.82) is 0 Å². The Bertz CT molecular complexity index is 586. The summed E-state index contributed by atoms with van der Waals surface area (Å²) in [5.74, 6) is 0. The molecule has 20 heavy (non-hydrogen) atoms. The van der Waals surface area contributed by atoms with E-state index in [1.165, 1.54) is 12.1 Å². The fraction of sp³-hybridized carbons (Fsp3) is 0.500. The molecule has 0 saturated heterocycles. The minimum atomic E-state index is -3.76. The maximum absolute atomic E-state index is 12.2. The summed E-state index contributed by atoms with van der Waals surface area (Å²) < 4.78 is 26.9. The molecule has 0 radical (unpaired) electrons. The third-order valence-corrected chi connectivity index (χ3v) is 4.51. The number of rotatable bonds is 7. The van der Waals surface area contributed by atoms with E-state index in [1.807, 2.05) is 6.92 Å². The molecule has 0 saturated carbocycles. The van der Waals surface area contributed by atoms with Gasteiger partial charge in [-0.05, 0) is 26.0 Å². The van der Waals surface area contributed by atoms with Gasteiger partial charge in [-0.3, -0.25) is 10.1 Å². The molecule has 112 valence electrons. The van der Waals surface area contributed by atoms with Gasteiger partial charge in [0.15, 0.2) is 0 Å². The van der Waals surface area contributed by atoms with Crippen molar-refractivity contribution in [2.45, 2.75) is 31.2 Å². The van der Waals surface area contributed by atoms with E-state index in [0.29, 0.717) is 12.0 Å². The lowest BCUT2D eigenvalue weighted by molar-refractivity contribution is -0.385. The van der Waals surface area contributed by atoms with Gasteiger partial charge >= 0.3 is 0 Å². The first-order chi connectivity index (χ1) is 9.31. The molecule has 1 aromatic carbocycles. The quantitative estimate of drug-likeness (QED) is 0.579. The summed E-state index contributed by atoms with van der Waals surface area (Å²) in [5, 5.41) is 13.7. The van der Waals surface area contributed by atoms with Crippen LogP contribution in [0.2, 0.25) is 0 Å². The Morgan fingerprint density at radius 2 is 2.05 bits per heavy atom. The highest BCUT2D eigenvalue weighted by atomic mass is 32.2. The molecule has 1 unspecified atom stereocenters. The predicted molar refractivity (Wildman–Crippen MR) is 76.2 cm³/mol. The van der Waals surface area contributed by atoms with E-state index in [2.05, 4.69) is 10.0 Å². The molecule has 0 aliphatic heterocycles. The molecule has 2 N–H and O–H groups in total. The molecule has 0 aliphatic rings. The number of hydrogen-bond acceptors (Lipinski definition) is 5. The van der Waals surface area contributed by atoms with Crippen molar-refractivity contribution in [2.24, 2.45) is 0 Å². The highest BCUT2D eigenvalue weighted by Gasteiger charge is 2.21. The average molecular weight is 301 g/mol. The monoisotopic (exact) mass is 301 g/mol. The van der Waals surface area contributed by atoms with E-state index in [0.717, 1.165) is 6.07 Å². The Morgan fingerprint density at radius 1 is 1.40 bits per heavy atom. The second-order valence-electron chi connectivity index (χ2n) is 4.44. The Hall–Kier alpha value is -1.51. The Labute approximate surface area is 118 Å². The largest absolute Gasteiger partial charge is 0.316 e. The minimum Gasteiger partial charge on any atom is -0.316 e. The lowest BCUT2D eigenvalue weighted by Gasteiger charge is -2.13. The van der Waals surface area contributed by atoms with Crippen molar-refractivity contribution in [1.82, 2.24) is 10.0 Å². The fourth-order valence-corrected chi connectivity index (χ4v) is 3.07. The van der Waals surface area contributed by atoms with Crippen LogP contribution in [-0.4, -0.2) is 33.0 Å². The zero-order valence-electron chi connectivity index (χ0n) is 11.7. The molecule has 0 bridgehead atoms. The number of aryl methyl sites for hydroxylation is 1. The van der Waals surface area contributed by atoms with Gasteiger partial charge < -0.3 is 5.32 Å². The van der Waals surface area contributed by atoms with Crippen LogP contribution in [0.1, 0.15) is 19.4 Å². The zero-order valence-corrected chi connectivity index (χ0v) is 12.5. The summed E-state index contributed by atoms with van der Waals surface area (Å²) in [4.78, 5) is 10.1. The maximum Gasteiger partial charge on any atom is 0.270 e. The molecule has 0 amide bonds. The molecule has 7 nitrogen and oxygen atoms in total. The number of benzene rings is 1. The topological polar surface area (TPSA) is 101 Å². The van der Waals surface area contributed by atoms with Gasteiger partial charge in [0, 0.05) is 24.7 Å². The first-order valence-corrected chi connectivity index (χ1v) is 7.74. The molecule has 1 atom stereocenters. The number of nitrogens with one attached hydrogen (secondary N) is 2. The molecule has 1 rings (SSSR count). The molecule has 1 aromatic rings. The average Bonchev–Trinajstić information content (AvgIpc) is 2.43. The molecule has 0 aliphatic carbocycles. The van der Waals surface area contributed by atoms with Crippen molar-refractivity contribution in [3.05, 3.63) is 33.9 Å². The normalized spacial score (nSPS) is 13.2. The van der Waals surface area contributed by atoms with Crippen molar-refractivity contribution in [3.63, 3.8) is 0 Å². The van der Waals surface area contributed by atoms with Crippen molar-refractivity contribution in [3.8, 4) is 0 Å². The van der Waals surface area contributed by atoms with E-state index in [-0.39, 0.29) is 23.2 Å². The number of hydrogen-bond donors (Lipinski definition) is 2. The van der Waals surface area contributed by atoms with Gasteiger partial charge in [0.1, 0.15) is 0 Å². The third kappa shape index (κ3) is 3.99. The van der Waals surface area contributed by atoms with E-state index >= 15 is 0 Å². The Kier molecular flexibility index (Phi) is 5.61. The molecule has 8 heteroatoms. The fourth-order valence-electron chi connectivity index (χ4n) is 1.61. The van der Waals surface area contributed by atoms with Crippen LogP contribution in [0, 0.1) is 10.1 Å². The van der Waals surface area contributed by atoms with Crippen LogP contribution in [0.4, 0.5) is 5.69 Å². The Balaban J connectivity index is 3.14. The van der Waals surface area contributed by atoms with Crippen LogP contribution >= 0.6 is 0 Å². The summed E-state index contributed by atoms with van der Waals surface area (Å²) >= 11 is 0. The van der Waals surface area contributed by atoms with E-state index < -0.39 is 14.9 Å². The molecule has 0 spiro atoms. The van der Waals surface area contributed by atoms with Crippen LogP contribution < -0.4 is 10.0 Å². The number of sulfonamides is 1. The summed E-state index contributed by atoms with van der Waals surface area (Å²) in [6, 6.07) is 3.86. The first-order valence-electron chi connectivity index (χ1n) is 6.26. The smallest absolute Gasteiger partial charge is 0.270 e. The SMILES string of the molecule is CCc1ccc([N+](=O)[O-])cc1S(=O)(=O)NCC(C)NC. The standard InChI is InChI=1S/C12H19N3O4S/c1-4-10-5-6-11(15(16)17)7-12(10)20(18,19)14-8-9(2)13-3/h5-7,9,13-14H,4,8H2,1-3H3. The lowest BCUT2D eigenvalue weighted by atomic mass is 10.1. The summed E-state index contributed by atoms with van der Waals surface area (Å²) in [7, 11) is -2.03.